The highest BCUT2D eigenvalue weighted by molar-refractivity contribution is 7.10. The molecule has 1 aromatic rings. The first kappa shape index (κ1) is 12.1. The number of thiophene rings is 1. The highest BCUT2D eigenvalue weighted by Crippen LogP contribution is 2.32. The van der Waals surface area contributed by atoms with Gasteiger partial charge in [0.15, 0.2) is 0 Å². The molecule has 1 aliphatic carbocycles. The summed E-state index contributed by atoms with van der Waals surface area (Å²) < 4.78 is 0. The van der Waals surface area contributed by atoms with E-state index >= 15 is 0 Å². The maximum Gasteiger partial charge on any atom is 0.0414 e. The van der Waals surface area contributed by atoms with Gasteiger partial charge >= 0.3 is 0 Å². The highest BCUT2D eigenvalue weighted by atomic mass is 32.1. The zero-order chi connectivity index (χ0) is 11.2. The molecule has 90 valence electrons. The minimum Gasteiger partial charge on any atom is -0.310 e. The third-order valence-electron chi connectivity index (χ3n) is 3.68. The van der Waals surface area contributed by atoms with Gasteiger partial charge in [-0.15, -0.1) is 11.3 Å². The molecule has 16 heavy (non-hydrogen) atoms. The van der Waals surface area contributed by atoms with Gasteiger partial charge in [0, 0.05) is 10.9 Å². The van der Waals surface area contributed by atoms with Gasteiger partial charge in [-0.1, -0.05) is 38.7 Å². The molecular weight excluding hydrogens is 214 g/mol. The standard InChI is InChI=1S/C14H23NS/c1-2-15-13(14-8-5-11-16-14)10-9-12-6-3-4-7-12/h5,8,11-13,15H,2-4,6-7,9-10H2,1H3. The molecule has 0 spiro atoms. The average molecular weight is 237 g/mol. The molecule has 0 amide bonds. The van der Waals surface area contributed by atoms with E-state index in [-0.39, 0.29) is 0 Å². The van der Waals surface area contributed by atoms with Crippen molar-refractivity contribution in [3.8, 4) is 0 Å². The number of nitrogens with one attached hydrogen (secondary N) is 1. The van der Waals surface area contributed by atoms with E-state index in [0.29, 0.717) is 6.04 Å². The van der Waals surface area contributed by atoms with E-state index in [9.17, 15) is 0 Å². The lowest BCUT2D eigenvalue weighted by Gasteiger charge is -2.18. The van der Waals surface area contributed by atoms with Crippen molar-refractivity contribution < 1.29 is 0 Å². The summed E-state index contributed by atoms with van der Waals surface area (Å²) in [6.45, 7) is 3.28. The third kappa shape index (κ3) is 3.33. The van der Waals surface area contributed by atoms with Crippen molar-refractivity contribution in [1.29, 1.82) is 0 Å². The highest BCUT2D eigenvalue weighted by Gasteiger charge is 2.18. The van der Waals surface area contributed by atoms with Gasteiger partial charge in [0.2, 0.25) is 0 Å². The predicted molar refractivity (Wildman–Crippen MR) is 71.9 cm³/mol. The molecular formula is C14H23NS. The minimum atomic E-state index is 0.602. The van der Waals surface area contributed by atoms with Crippen LogP contribution in [0.25, 0.3) is 0 Å². The molecule has 1 aromatic heterocycles. The fourth-order valence-electron chi connectivity index (χ4n) is 2.78. The molecule has 1 unspecified atom stereocenters. The first-order chi connectivity index (χ1) is 7.90. The SMILES string of the molecule is CCNC(CCC1CCCC1)c1cccs1. The van der Waals surface area contributed by atoms with Crippen molar-refractivity contribution in [3.05, 3.63) is 22.4 Å². The van der Waals surface area contributed by atoms with Crippen LogP contribution in [0.3, 0.4) is 0 Å². The van der Waals surface area contributed by atoms with Crippen LogP contribution in [0, 0.1) is 5.92 Å². The van der Waals surface area contributed by atoms with Crippen molar-refractivity contribution in [3.63, 3.8) is 0 Å². The molecule has 0 saturated heterocycles. The molecule has 1 fully saturated rings. The van der Waals surface area contributed by atoms with Crippen LogP contribution in [-0.2, 0) is 0 Å². The fraction of sp³-hybridized carbons (Fsp3) is 0.714. The van der Waals surface area contributed by atoms with Crippen molar-refractivity contribution in [2.75, 3.05) is 6.54 Å². The maximum absolute atomic E-state index is 3.62. The molecule has 0 bridgehead atoms. The lowest BCUT2D eigenvalue weighted by Crippen LogP contribution is -2.20. The molecule has 0 aliphatic heterocycles. The number of hydrogen-bond acceptors (Lipinski definition) is 2. The van der Waals surface area contributed by atoms with Crippen LogP contribution >= 0.6 is 11.3 Å². The van der Waals surface area contributed by atoms with Crippen LogP contribution in [0.4, 0.5) is 0 Å². The largest absolute Gasteiger partial charge is 0.310 e. The Hall–Kier alpha value is -0.340. The van der Waals surface area contributed by atoms with E-state index < -0.39 is 0 Å². The second kappa shape index (κ2) is 6.41. The van der Waals surface area contributed by atoms with Gasteiger partial charge < -0.3 is 5.32 Å². The first-order valence-electron chi connectivity index (χ1n) is 6.67. The van der Waals surface area contributed by atoms with E-state index in [2.05, 4.69) is 29.8 Å². The lowest BCUT2D eigenvalue weighted by molar-refractivity contribution is 0.420. The van der Waals surface area contributed by atoms with Gasteiger partial charge in [0.25, 0.3) is 0 Å². The summed E-state index contributed by atoms with van der Waals surface area (Å²) in [7, 11) is 0. The van der Waals surface area contributed by atoms with Crippen LogP contribution in [0.2, 0.25) is 0 Å². The summed E-state index contributed by atoms with van der Waals surface area (Å²) in [5.74, 6) is 1.01. The zero-order valence-electron chi connectivity index (χ0n) is 10.2. The molecule has 1 N–H and O–H groups in total. The summed E-state index contributed by atoms with van der Waals surface area (Å²) in [6, 6.07) is 5.04. The molecule has 0 aromatic carbocycles. The summed E-state index contributed by atoms with van der Waals surface area (Å²) in [4.78, 5) is 1.51. The van der Waals surface area contributed by atoms with Crippen molar-refractivity contribution in [1.82, 2.24) is 5.32 Å². The van der Waals surface area contributed by atoms with Gasteiger partial charge in [-0.2, -0.15) is 0 Å². The van der Waals surface area contributed by atoms with Crippen LogP contribution in [0.5, 0.6) is 0 Å². The summed E-state index contributed by atoms with van der Waals surface area (Å²) in [5, 5.41) is 5.81. The van der Waals surface area contributed by atoms with E-state index in [1.165, 1.54) is 43.4 Å². The predicted octanol–water partition coefficient (Wildman–Crippen LogP) is 4.37. The Kier molecular flexibility index (Phi) is 4.86. The zero-order valence-corrected chi connectivity index (χ0v) is 11.1. The second-order valence-corrected chi connectivity index (χ2v) is 5.83. The first-order valence-corrected chi connectivity index (χ1v) is 7.55. The van der Waals surface area contributed by atoms with E-state index in [1.807, 2.05) is 11.3 Å². The number of hydrogen-bond donors (Lipinski definition) is 1. The van der Waals surface area contributed by atoms with Crippen LogP contribution < -0.4 is 5.32 Å². The topological polar surface area (TPSA) is 12.0 Å². The minimum absolute atomic E-state index is 0.602. The van der Waals surface area contributed by atoms with E-state index in [0.717, 1.165) is 12.5 Å². The van der Waals surface area contributed by atoms with Gasteiger partial charge in [-0.3, -0.25) is 0 Å². The van der Waals surface area contributed by atoms with Gasteiger partial charge in [0.1, 0.15) is 0 Å². The van der Waals surface area contributed by atoms with E-state index in [4.69, 9.17) is 0 Å². The van der Waals surface area contributed by atoms with Crippen LogP contribution in [0.1, 0.15) is 56.4 Å². The molecule has 1 heterocycles. The second-order valence-electron chi connectivity index (χ2n) is 4.85. The molecule has 0 radical (unpaired) electrons. The lowest BCUT2D eigenvalue weighted by atomic mass is 9.98. The van der Waals surface area contributed by atoms with Gasteiger partial charge in [-0.05, 0) is 36.8 Å². The Morgan fingerprint density at radius 1 is 1.44 bits per heavy atom. The average Bonchev–Trinajstić information content (AvgIpc) is 2.96. The molecule has 1 saturated carbocycles. The molecule has 2 rings (SSSR count). The Balaban J connectivity index is 1.82. The normalized spacial score (nSPS) is 19.1. The summed E-state index contributed by atoms with van der Waals surface area (Å²) >= 11 is 1.89. The fourth-order valence-corrected chi connectivity index (χ4v) is 3.62. The van der Waals surface area contributed by atoms with Crippen molar-refractivity contribution in [2.45, 2.75) is 51.5 Å². The van der Waals surface area contributed by atoms with E-state index in [1.54, 1.807) is 0 Å². The van der Waals surface area contributed by atoms with Crippen molar-refractivity contribution >= 4 is 11.3 Å². The molecule has 1 aliphatic rings. The Bertz CT molecular complexity index is 275. The smallest absolute Gasteiger partial charge is 0.0414 e. The Morgan fingerprint density at radius 3 is 2.88 bits per heavy atom. The third-order valence-corrected chi connectivity index (χ3v) is 4.66. The summed E-state index contributed by atoms with van der Waals surface area (Å²) in [6.07, 6.45) is 8.62. The summed E-state index contributed by atoms with van der Waals surface area (Å²) in [5.41, 5.74) is 0. The molecule has 1 nitrogen and oxygen atoms in total. The monoisotopic (exact) mass is 237 g/mol. The van der Waals surface area contributed by atoms with Gasteiger partial charge in [-0.25, -0.2) is 0 Å². The molecule has 2 heteroatoms. The Labute approximate surface area is 103 Å². The van der Waals surface area contributed by atoms with Crippen LogP contribution in [0.15, 0.2) is 17.5 Å². The quantitative estimate of drug-likeness (QED) is 0.774. The maximum atomic E-state index is 3.62. The Morgan fingerprint density at radius 2 is 2.25 bits per heavy atom. The van der Waals surface area contributed by atoms with Gasteiger partial charge in [0.05, 0.1) is 0 Å². The van der Waals surface area contributed by atoms with Crippen molar-refractivity contribution in [2.24, 2.45) is 5.92 Å². The van der Waals surface area contributed by atoms with Crippen LogP contribution in [-0.4, -0.2) is 6.54 Å². The molecule has 1 atom stereocenters. The number of rotatable bonds is 6.